The molecule has 0 amide bonds. The molecule has 2 aromatic carbocycles. The molecule has 1 aliphatic heterocycles. The maximum Gasteiger partial charge on any atom is 0.260 e. The van der Waals surface area contributed by atoms with E-state index in [-0.39, 0.29) is 34.6 Å². The average Bonchev–Trinajstić information content (AvgIpc) is 3.52. The first kappa shape index (κ1) is 26.1. The fraction of sp³-hybridized carbons (Fsp3) is 0.222. The van der Waals surface area contributed by atoms with Gasteiger partial charge in [0.15, 0.2) is 11.6 Å². The number of thiazole rings is 1. The molecule has 0 bridgehead atoms. The molecule has 6 nitrogen and oxygen atoms in total. The predicted molar refractivity (Wildman–Crippen MR) is 141 cm³/mol. The molecule has 2 aromatic heterocycles. The molecule has 0 radical (unpaired) electrons. The third-order valence-corrected chi connectivity index (χ3v) is 8.69. The molecule has 0 aliphatic carbocycles. The minimum absolute atomic E-state index is 0.000589. The second-order valence-corrected chi connectivity index (χ2v) is 11.0. The van der Waals surface area contributed by atoms with E-state index >= 15 is 4.39 Å². The zero-order valence-corrected chi connectivity index (χ0v) is 22.2. The van der Waals surface area contributed by atoms with Crippen LogP contribution in [-0.4, -0.2) is 33.3 Å². The van der Waals surface area contributed by atoms with Crippen LogP contribution < -0.4 is 10.3 Å². The standard InChI is InChI=1S/C27H22F3N3O3S2/c1-13-11-31-25(38-13)24(32-35)20-12-37-27-16(10-17-18(28)7-5-8-19(17)29)14(2)22(26(34)33(20)27)15-6-4-9-21(36-3)23(15)30/h4-9,11,20,35H,10,12H2,1-3H3/b32-24-. The summed E-state index contributed by atoms with van der Waals surface area (Å²) in [5, 5.41) is 14.3. The van der Waals surface area contributed by atoms with Crippen LogP contribution in [0.25, 0.3) is 11.1 Å². The molecule has 0 saturated heterocycles. The summed E-state index contributed by atoms with van der Waals surface area (Å²) in [5.41, 5.74) is 0.414. The number of aryl methyl sites for hydroxylation is 1. The van der Waals surface area contributed by atoms with Gasteiger partial charge < -0.3 is 9.94 Å². The Bertz CT molecular complexity index is 1630. The summed E-state index contributed by atoms with van der Waals surface area (Å²) in [6, 6.07) is 7.35. The number of rotatable bonds is 6. The highest BCUT2D eigenvalue weighted by Gasteiger charge is 2.36. The summed E-state index contributed by atoms with van der Waals surface area (Å²) in [6.07, 6.45) is 1.47. The van der Waals surface area contributed by atoms with E-state index in [1.807, 2.05) is 6.92 Å². The number of aromatic nitrogens is 2. The van der Waals surface area contributed by atoms with E-state index in [1.54, 1.807) is 19.2 Å². The third kappa shape index (κ3) is 4.29. The van der Waals surface area contributed by atoms with Gasteiger partial charge in [0, 0.05) is 34.4 Å². The van der Waals surface area contributed by atoms with Crippen molar-refractivity contribution in [2.45, 2.75) is 31.3 Å². The Balaban J connectivity index is 1.80. The average molecular weight is 558 g/mol. The number of hydrogen-bond acceptors (Lipinski definition) is 7. The molecule has 1 aliphatic rings. The highest BCUT2D eigenvalue weighted by molar-refractivity contribution is 7.99. The Morgan fingerprint density at radius 3 is 2.50 bits per heavy atom. The molecular weight excluding hydrogens is 535 g/mol. The number of fused-ring (bicyclic) bond motifs is 1. The zero-order valence-electron chi connectivity index (χ0n) is 20.6. The minimum Gasteiger partial charge on any atom is -0.494 e. The number of methoxy groups -OCH3 is 1. The summed E-state index contributed by atoms with van der Waals surface area (Å²) in [7, 11) is 1.32. The fourth-order valence-corrected chi connectivity index (χ4v) is 6.86. The third-order valence-electron chi connectivity index (χ3n) is 6.56. The van der Waals surface area contributed by atoms with Crippen molar-refractivity contribution in [3.05, 3.63) is 97.0 Å². The van der Waals surface area contributed by atoms with Crippen molar-refractivity contribution in [2.75, 3.05) is 12.9 Å². The van der Waals surface area contributed by atoms with Crippen LogP contribution in [0.2, 0.25) is 0 Å². The van der Waals surface area contributed by atoms with Crippen molar-refractivity contribution < 1.29 is 23.1 Å². The van der Waals surface area contributed by atoms with Crippen LogP contribution in [0.3, 0.4) is 0 Å². The van der Waals surface area contributed by atoms with Gasteiger partial charge in [-0.25, -0.2) is 18.2 Å². The van der Waals surface area contributed by atoms with E-state index in [4.69, 9.17) is 4.74 Å². The molecule has 196 valence electrons. The van der Waals surface area contributed by atoms with Crippen molar-refractivity contribution in [2.24, 2.45) is 5.16 Å². The van der Waals surface area contributed by atoms with Gasteiger partial charge in [-0.05, 0) is 43.2 Å². The summed E-state index contributed by atoms with van der Waals surface area (Å²) in [5.74, 6) is -1.91. The normalized spacial score (nSPS) is 15.1. The van der Waals surface area contributed by atoms with E-state index in [2.05, 4.69) is 10.1 Å². The van der Waals surface area contributed by atoms with E-state index in [0.717, 1.165) is 4.88 Å². The van der Waals surface area contributed by atoms with Gasteiger partial charge in [0.25, 0.3) is 5.56 Å². The van der Waals surface area contributed by atoms with Crippen molar-refractivity contribution in [1.82, 2.24) is 9.55 Å². The number of nitrogens with zero attached hydrogens (tertiary/aromatic N) is 3. The van der Waals surface area contributed by atoms with Crippen LogP contribution in [0, 0.1) is 31.3 Å². The first-order chi connectivity index (χ1) is 18.3. The number of ether oxygens (including phenoxy) is 1. The largest absolute Gasteiger partial charge is 0.494 e. The van der Waals surface area contributed by atoms with Crippen LogP contribution in [-0.2, 0) is 6.42 Å². The molecule has 4 aromatic rings. The van der Waals surface area contributed by atoms with Crippen LogP contribution >= 0.6 is 23.1 Å². The second-order valence-electron chi connectivity index (χ2n) is 8.75. The molecule has 1 atom stereocenters. The molecule has 5 rings (SSSR count). The Morgan fingerprint density at radius 2 is 1.87 bits per heavy atom. The highest BCUT2D eigenvalue weighted by atomic mass is 32.2. The number of halogens is 3. The first-order valence-corrected chi connectivity index (χ1v) is 13.4. The lowest BCUT2D eigenvalue weighted by molar-refractivity contribution is 0.315. The minimum atomic E-state index is -0.740. The molecule has 11 heteroatoms. The summed E-state index contributed by atoms with van der Waals surface area (Å²) in [4.78, 5) is 19.3. The first-order valence-electron chi connectivity index (χ1n) is 11.6. The lowest BCUT2D eigenvalue weighted by atomic mass is 9.93. The predicted octanol–water partition coefficient (Wildman–Crippen LogP) is 6.13. The second kappa shape index (κ2) is 10.3. The van der Waals surface area contributed by atoms with Crippen LogP contribution in [0.4, 0.5) is 13.2 Å². The number of pyridine rings is 1. The molecule has 0 saturated carbocycles. The Hall–Kier alpha value is -3.57. The lowest BCUT2D eigenvalue weighted by Gasteiger charge is -2.21. The van der Waals surface area contributed by atoms with Gasteiger partial charge in [0.2, 0.25) is 0 Å². The van der Waals surface area contributed by atoms with Crippen molar-refractivity contribution in [1.29, 1.82) is 0 Å². The van der Waals surface area contributed by atoms with Crippen LogP contribution in [0.15, 0.2) is 57.6 Å². The maximum absolute atomic E-state index is 15.5. The fourth-order valence-electron chi connectivity index (χ4n) is 4.69. The van der Waals surface area contributed by atoms with E-state index in [1.165, 1.54) is 65.1 Å². The monoisotopic (exact) mass is 557 g/mol. The van der Waals surface area contributed by atoms with E-state index in [9.17, 15) is 18.8 Å². The molecule has 0 fully saturated rings. The van der Waals surface area contributed by atoms with Gasteiger partial charge in [0.1, 0.15) is 22.4 Å². The number of oxime groups is 1. The van der Waals surface area contributed by atoms with Crippen molar-refractivity contribution in [3.8, 4) is 16.9 Å². The molecular formula is C27H22F3N3O3S2. The Morgan fingerprint density at radius 1 is 1.16 bits per heavy atom. The van der Waals surface area contributed by atoms with Gasteiger partial charge in [-0.1, -0.05) is 23.4 Å². The van der Waals surface area contributed by atoms with Gasteiger partial charge in [-0.15, -0.1) is 23.1 Å². The van der Waals surface area contributed by atoms with Gasteiger partial charge in [0.05, 0.1) is 23.7 Å². The summed E-state index contributed by atoms with van der Waals surface area (Å²) < 4.78 is 51.5. The maximum atomic E-state index is 15.5. The molecule has 38 heavy (non-hydrogen) atoms. The quantitative estimate of drug-likeness (QED) is 0.175. The lowest BCUT2D eigenvalue weighted by Crippen LogP contribution is -2.32. The van der Waals surface area contributed by atoms with Crippen LogP contribution in [0.5, 0.6) is 5.75 Å². The zero-order chi connectivity index (χ0) is 27.1. The summed E-state index contributed by atoms with van der Waals surface area (Å²) >= 11 is 2.61. The van der Waals surface area contributed by atoms with Gasteiger partial charge in [-0.2, -0.15) is 0 Å². The number of hydrogen-bond donors (Lipinski definition) is 1. The van der Waals surface area contributed by atoms with Gasteiger partial charge >= 0.3 is 0 Å². The number of benzene rings is 2. The van der Waals surface area contributed by atoms with Crippen molar-refractivity contribution in [3.63, 3.8) is 0 Å². The highest BCUT2D eigenvalue weighted by Crippen LogP contribution is 2.42. The van der Waals surface area contributed by atoms with Crippen molar-refractivity contribution >= 4 is 28.8 Å². The summed E-state index contributed by atoms with van der Waals surface area (Å²) in [6.45, 7) is 3.50. The molecule has 0 spiro atoms. The number of thioether (sulfide) groups is 1. The van der Waals surface area contributed by atoms with E-state index in [0.29, 0.717) is 26.9 Å². The molecule has 1 unspecified atom stereocenters. The topological polar surface area (TPSA) is 76.7 Å². The smallest absolute Gasteiger partial charge is 0.260 e. The molecule has 3 heterocycles. The van der Waals surface area contributed by atoms with E-state index < -0.39 is 29.1 Å². The van der Waals surface area contributed by atoms with Crippen LogP contribution in [0.1, 0.15) is 32.6 Å². The Labute approximate surface area is 224 Å². The Kier molecular flexibility index (Phi) is 7.06. The molecule has 1 N–H and O–H groups in total. The van der Waals surface area contributed by atoms with Gasteiger partial charge in [-0.3, -0.25) is 9.36 Å². The SMILES string of the molecule is COc1cccc(-c2c(C)c(Cc3c(F)cccc3F)c3n(c2=O)C(/C(=N/O)c2ncc(C)s2)CS3)c1F.